The van der Waals surface area contributed by atoms with Gasteiger partial charge in [0.1, 0.15) is 5.82 Å². The number of benzene rings is 2. The molecule has 7 heteroatoms. The molecule has 30 heavy (non-hydrogen) atoms. The van der Waals surface area contributed by atoms with E-state index in [1.54, 1.807) is 24.5 Å². The summed E-state index contributed by atoms with van der Waals surface area (Å²) < 4.78 is 26.7. The Morgan fingerprint density at radius 2 is 1.57 bits per heavy atom. The number of imidazole rings is 1. The number of anilines is 1. The Bertz CT molecular complexity index is 1220. The molecule has 2 aromatic carbocycles. The molecule has 4 aromatic rings. The monoisotopic (exact) mass is 418 g/mol. The van der Waals surface area contributed by atoms with Crippen molar-refractivity contribution in [3.8, 4) is 33.9 Å². The lowest BCUT2D eigenvalue weighted by Crippen LogP contribution is -2.15. The number of aromatic amines is 1. The van der Waals surface area contributed by atoms with E-state index < -0.39 is 10.0 Å². The average Bonchev–Trinajstić information content (AvgIpc) is 3.21. The van der Waals surface area contributed by atoms with Crippen molar-refractivity contribution >= 4 is 15.7 Å². The summed E-state index contributed by atoms with van der Waals surface area (Å²) in [5.74, 6) is 0.868. The van der Waals surface area contributed by atoms with Gasteiger partial charge in [0.25, 0.3) is 0 Å². The van der Waals surface area contributed by atoms with Crippen LogP contribution in [0, 0.1) is 0 Å². The Kier molecular flexibility index (Phi) is 5.63. The maximum Gasteiger partial charge on any atom is 0.232 e. The molecule has 0 saturated carbocycles. The second-order valence-electron chi connectivity index (χ2n) is 6.91. The normalized spacial score (nSPS) is 11.4. The topological polar surface area (TPSA) is 87.7 Å². The fourth-order valence-corrected chi connectivity index (χ4v) is 4.37. The lowest BCUT2D eigenvalue weighted by atomic mass is 10.1. The molecule has 0 amide bonds. The highest BCUT2D eigenvalue weighted by Gasteiger charge is 2.16. The summed E-state index contributed by atoms with van der Waals surface area (Å²) in [6.45, 7) is 1.84. The molecule has 0 unspecified atom stereocenters. The smallest absolute Gasteiger partial charge is 0.232 e. The van der Waals surface area contributed by atoms with Crippen molar-refractivity contribution in [2.45, 2.75) is 13.3 Å². The Balaban J connectivity index is 1.73. The lowest BCUT2D eigenvalue weighted by molar-refractivity contribution is 0.600. The number of hydrogen-bond acceptors (Lipinski definition) is 4. The molecular weight excluding hydrogens is 396 g/mol. The number of H-pyrrole nitrogens is 1. The van der Waals surface area contributed by atoms with Gasteiger partial charge in [0, 0.05) is 34.8 Å². The largest absolute Gasteiger partial charge is 0.337 e. The zero-order valence-electron chi connectivity index (χ0n) is 16.5. The van der Waals surface area contributed by atoms with E-state index in [0.717, 1.165) is 33.9 Å². The van der Waals surface area contributed by atoms with Gasteiger partial charge in [-0.25, -0.2) is 13.4 Å². The third-order valence-corrected chi connectivity index (χ3v) is 6.12. The van der Waals surface area contributed by atoms with Crippen molar-refractivity contribution in [3.63, 3.8) is 0 Å². The van der Waals surface area contributed by atoms with E-state index in [4.69, 9.17) is 4.98 Å². The summed E-state index contributed by atoms with van der Waals surface area (Å²) in [4.78, 5) is 12.4. The van der Waals surface area contributed by atoms with Crippen LogP contribution in [0.3, 0.4) is 0 Å². The highest BCUT2D eigenvalue weighted by Crippen LogP contribution is 2.33. The van der Waals surface area contributed by atoms with Crippen LogP contribution in [0.4, 0.5) is 5.69 Å². The van der Waals surface area contributed by atoms with Crippen LogP contribution in [0.25, 0.3) is 33.9 Å². The number of nitrogens with one attached hydrogen (secondary N) is 2. The first kappa shape index (κ1) is 19.8. The van der Waals surface area contributed by atoms with E-state index in [9.17, 15) is 8.42 Å². The van der Waals surface area contributed by atoms with Gasteiger partial charge in [-0.15, -0.1) is 0 Å². The number of aromatic nitrogens is 3. The maximum atomic E-state index is 12.0. The quantitative estimate of drug-likeness (QED) is 0.444. The van der Waals surface area contributed by atoms with Crippen LogP contribution in [-0.2, 0) is 10.0 Å². The molecule has 0 aliphatic rings. The molecule has 0 spiro atoms. The first-order valence-corrected chi connectivity index (χ1v) is 11.4. The van der Waals surface area contributed by atoms with Crippen molar-refractivity contribution in [1.82, 2.24) is 15.0 Å². The van der Waals surface area contributed by atoms with Crippen LogP contribution in [0.1, 0.15) is 13.3 Å². The van der Waals surface area contributed by atoms with Crippen molar-refractivity contribution < 1.29 is 8.42 Å². The second-order valence-corrected chi connectivity index (χ2v) is 8.75. The molecule has 4 rings (SSSR count). The number of rotatable bonds is 7. The summed E-state index contributed by atoms with van der Waals surface area (Å²) in [5, 5.41) is 0. The zero-order chi connectivity index (χ0) is 21.0. The molecule has 2 aromatic heterocycles. The Hall–Kier alpha value is -3.45. The van der Waals surface area contributed by atoms with Crippen LogP contribution < -0.4 is 4.72 Å². The van der Waals surface area contributed by atoms with Crippen LogP contribution >= 0.6 is 0 Å². The Labute approximate surface area is 176 Å². The molecule has 0 bridgehead atoms. The fraction of sp³-hybridized carbons (Fsp3) is 0.130. The Morgan fingerprint density at radius 3 is 2.23 bits per heavy atom. The van der Waals surface area contributed by atoms with Gasteiger partial charge in [-0.3, -0.25) is 9.71 Å². The van der Waals surface area contributed by atoms with Crippen LogP contribution in [-0.4, -0.2) is 29.1 Å². The van der Waals surface area contributed by atoms with Gasteiger partial charge in [0.2, 0.25) is 10.0 Å². The third-order valence-electron chi connectivity index (χ3n) is 4.62. The molecule has 0 atom stereocenters. The van der Waals surface area contributed by atoms with Crippen molar-refractivity contribution in [2.75, 3.05) is 10.5 Å². The van der Waals surface area contributed by atoms with Gasteiger partial charge >= 0.3 is 0 Å². The van der Waals surface area contributed by atoms with Crippen LogP contribution in [0.15, 0.2) is 79.1 Å². The second kappa shape index (κ2) is 8.51. The number of sulfonamides is 1. The minimum atomic E-state index is -3.32. The summed E-state index contributed by atoms with van der Waals surface area (Å²) >= 11 is 0. The van der Waals surface area contributed by atoms with Gasteiger partial charge < -0.3 is 4.98 Å². The predicted molar refractivity (Wildman–Crippen MR) is 120 cm³/mol. The van der Waals surface area contributed by atoms with E-state index in [0.29, 0.717) is 12.1 Å². The number of pyridine rings is 1. The molecule has 0 aliphatic carbocycles. The average molecular weight is 419 g/mol. The van der Waals surface area contributed by atoms with Gasteiger partial charge in [-0.1, -0.05) is 49.4 Å². The SMILES string of the molecule is CCCS(=O)(=O)Nc1ccc(-c2[nH]c(-c3ccccc3)nc2-c2ccncc2)cc1. The summed E-state index contributed by atoms with van der Waals surface area (Å²) in [6, 6.07) is 21.1. The van der Waals surface area contributed by atoms with E-state index in [-0.39, 0.29) is 5.75 Å². The summed E-state index contributed by atoms with van der Waals surface area (Å²) in [7, 11) is -3.32. The highest BCUT2D eigenvalue weighted by molar-refractivity contribution is 7.92. The molecule has 6 nitrogen and oxygen atoms in total. The molecule has 2 N–H and O–H groups in total. The molecule has 2 heterocycles. The first-order chi connectivity index (χ1) is 14.6. The molecule has 0 aliphatic heterocycles. The van der Waals surface area contributed by atoms with E-state index in [1.165, 1.54) is 0 Å². The standard InChI is InChI=1S/C23H22N4O2S/c1-2-16-30(28,29)27-20-10-8-17(9-11-20)21-22(18-12-14-24-15-13-18)26-23(25-21)19-6-4-3-5-7-19/h3-15,27H,2,16H2,1H3,(H,25,26). The van der Waals surface area contributed by atoms with E-state index >= 15 is 0 Å². The van der Waals surface area contributed by atoms with Crippen molar-refractivity contribution in [3.05, 3.63) is 79.1 Å². The van der Waals surface area contributed by atoms with Crippen LogP contribution in [0.5, 0.6) is 0 Å². The van der Waals surface area contributed by atoms with Crippen LogP contribution in [0.2, 0.25) is 0 Å². The van der Waals surface area contributed by atoms with Gasteiger partial charge in [-0.05, 0) is 30.7 Å². The minimum Gasteiger partial charge on any atom is -0.337 e. The van der Waals surface area contributed by atoms with Gasteiger partial charge in [0.05, 0.1) is 17.1 Å². The van der Waals surface area contributed by atoms with Gasteiger partial charge in [-0.2, -0.15) is 0 Å². The molecular formula is C23H22N4O2S. The maximum absolute atomic E-state index is 12.0. The highest BCUT2D eigenvalue weighted by atomic mass is 32.2. The Morgan fingerprint density at radius 1 is 0.867 bits per heavy atom. The lowest BCUT2D eigenvalue weighted by Gasteiger charge is -2.08. The van der Waals surface area contributed by atoms with E-state index in [1.807, 2.05) is 61.5 Å². The number of nitrogens with zero attached hydrogens (tertiary/aromatic N) is 2. The molecule has 0 saturated heterocycles. The zero-order valence-corrected chi connectivity index (χ0v) is 17.4. The molecule has 152 valence electrons. The van der Waals surface area contributed by atoms with Gasteiger partial charge in [0.15, 0.2) is 0 Å². The van der Waals surface area contributed by atoms with Crippen molar-refractivity contribution in [1.29, 1.82) is 0 Å². The predicted octanol–water partition coefficient (Wildman–Crippen LogP) is 4.96. The van der Waals surface area contributed by atoms with Crippen molar-refractivity contribution in [2.24, 2.45) is 0 Å². The fourth-order valence-electron chi connectivity index (χ4n) is 3.24. The third kappa shape index (κ3) is 4.41. The minimum absolute atomic E-state index is 0.0991. The number of hydrogen-bond donors (Lipinski definition) is 2. The molecule has 0 fully saturated rings. The summed E-state index contributed by atoms with van der Waals surface area (Å²) in [6.07, 6.45) is 4.04. The first-order valence-electron chi connectivity index (χ1n) is 9.72. The molecule has 0 radical (unpaired) electrons. The summed E-state index contributed by atoms with van der Waals surface area (Å²) in [5.41, 5.74) is 5.07. The van der Waals surface area contributed by atoms with E-state index in [2.05, 4.69) is 14.7 Å².